The molecule has 0 fully saturated rings. The van der Waals surface area contributed by atoms with Gasteiger partial charge in [-0.1, -0.05) is 0 Å². The minimum atomic E-state index is -0.660. The minimum absolute atomic E-state index is 0.660. The van der Waals surface area contributed by atoms with Crippen LogP contribution < -0.4 is 11.5 Å². The molecule has 0 bridgehead atoms. The van der Waals surface area contributed by atoms with Gasteiger partial charge < -0.3 is 11.5 Å². The highest BCUT2D eigenvalue weighted by atomic mass is 16.1. The highest BCUT2D eigenvalue weighted by molar-refractivity contribution is 5.89. The molecule has 0 saturated carbocycles. The van der Waals surface area contributed by atoms with Gasteiger partial charge >= 0.3 is 0 Å². The number of carbonyl (C=O) groups excluding carboxylic acids is 2. The van der Waals surface area contributed by atoms with E-state index < -0.39 is 11.8 Å². The Labute approximate surface area is 51.8 Å². The van der Waals surface area contributed by atoms with Crippen LogP contribution in [0.25, 0.3) is 0 Å². The maximum atomic E-state index is 9.91. The van der Waals surface area contributed by atoms with Gasteiger partial charge in [0.2, 0.25) is 11.8 Å². The summed E-state index contributed by atoms with van der Waals surface area (Å²) in [6, 6.07) is 0. The molecule has 48 valence electrons. The molecule has 0 aromatic rings. The summed E-state index contributed by atoms with van der Waals surface area (Å²) in [5, 5.41) is 0. The number of hydrogen-bond acceptors (Lipinski definition) is 2. The van der Waals surface area contributed by atoms with E-state index in [1.54, 1.807) is 0 Å². The van der Waals surface area contributed by atoms with E-state index >= 15 is 0 Å². The van der Waals surface area contributed by atoms with Crippen molar-refractivity contribution in [3.63, 3.8) is 0 Å². The van der Waals surface area contributed by atoms with Gasteiger partial charge in [0.25, 0.3) is 0 Å². The second kappa shape index (κ2) is 3.46. The molecule has 0 aromatic heterocycles. The molecule has 0 atom stereocenters. The predicted molar refractivity (Wildman–Crippen MR) is 31.0 cm³/mol. The number of hydrogen-bond donors (Lipinski definition) is 2. The summed E-state index contributed by atoms with van der Waals surface area (Å²) in [7, 11) is 0. The molecule has 0 radical (unpaired) electrons. The van der Waals surface area contributed by atoms with E-state index in [9.17, 15) is 9.59 Å². The molecule has 0 aliphatic rings. The Hall–Kier alpha value is -1.54. The van der Waals surface area contributed by atoms with Gasteiger partial charge in [0.1, 0.15) is 0 Å². The zero-order chi connectivity index (χ0) is 7.28. The van der Waals surface area contributed by atoms with Crippen LogP contribution in [0.2, 0.25) is 0 Å². The summed E-state index contributed by atoms with van der Waals surface area (Å²) in [5.41, 5.74) is 11.5. The minimum Gasteiger partial charge on any atom is -0.366 e. The molecule has 9 heavy (non-hydrogen) atoms. The van der Waals surface area contributed by atoms with Crippen LogP contribution in [0.3, 0.4) is 0 Å². The summed E-state index contributed by atoms with van der Waals surface area (Å²) >= 11 is 0. The standard InChI is InChI=1S/C5H6N2O2/c6-4(8)2-1-3-5(7)9/h2-3H,(H2,6,8)(H2,7,9). The van der Waals surface area contributed by atoms with E-state index in [0.29, 0.717) is 0 Å². The van der Waals surface area contributed by atoms with Gasteiger partial charge in [-0.3, -0.25) is 9.59 Å². The molecule has 0 aliphatic carbocycles. The van der Waals surface area contributed by atoms with Crippen LogP contribution in [0.4, 0.5) is 0 Å². The number of amides is 2. The monoisotopic (exact) mass is 126 g/mol. The lowest BCUT2D eigenvalue weighted by Crippen LogP contribution is -2.06. The lowest BCUT2D eigenvalue weighted by molar-refractivity contribution is -0.114. The predicted octanol–water partition coefficient (Wildman–Crippen LogP) is -1.33. The van der Waals surface area contributed by atoms with E-state index in [0.717, 1.165) is 12.2 Å². The van der Waals surface area contributed by atoms with Crippen molar-refractivity contribution in [2.45, 2.75) is 0 Å². The molecular formula is C5H6N2O2. The summed E-state index contributed by atoms with van der Waals surface area (Å²) in [6.45, 7) is 0. The summed E-state index contributed by atoms with van der Waals surface area (Å²) in [4.78, 5) is 19.8. The third-order valence-electron chi connectivity index (χ3n) is 0.451. The summed E-state index contributed by atoms with van der Waals surface area (Å²) < 4.78 is 0. The molecule has 0 saturated heterocycles. The molecule has 2 amide bonds. The smallest absolute Gasteiger partial charge is 0.249 e. The van der Waals surface area contributed by atoms with E-state index in [2.05, 4.69) is 17.2 Å². The van der Waals surface area contributed by atoms with Gasteiger partial charge in [0.05, 0.1) is 0 Å². The molecule has 4 nitrogen and oxygen atoms in total. The van der Waals surface area contributed by atoms with Crippen LogP contribution >= 0.6 is 0 Å². The van der Waals surface area contributed by atoms with Gasteiger partial charge in [-0.05, 0) is 0 Å². The van der Waals surface area contributed by atoms with Crippen LogP contribution in [-0.4, -0.2) is 11.8 Å². The van der Waals surface area contributed by atoms with Crippen molar-refractivity contribution < 1.29 is 9.59 Å². The van der Waals surface area contributed by atoms with Gasteiger partial charge in [-0.2, -0.15) is 0 Å². The van der Waals surface area contributed by atoms with Crippen molar-refractivity contribution in [1.82, 2.24) is 0 Å². The SMILES string of the molecule is NC(=O)C=C=CC(N)=O. The first-order valence-corrected chi connectivity index (χ1v) is 2.14. The first-order valence-electron chi connectivity index (χ1n) is 2.14. The van der Waals surface area contributed by atoms with Gasteiger partial charge in [-0.15, -0.1) is 5.73 Å². The number of carbonyl (C=O) groups is 2. The van der Waals surface area contributed by atoms with Crippen molar-refractivity contribution >= 4 is 11.8 Å². The molecule has 0 aromatic carbocycles. The number of primary amides is 2. The normalized spacial score (nSPS) is 7.11. The topological polar surface area (TPSA) is 86.2 Å². The summed E-state index contributed by atoms with van der Waals surface area (Å²) in [6.07, 6.45) is 1.84. The zero-order valence-electron chi connectivity index (χ0n) is 4.63. The number of nitrogens with two attached hydrogens (primary N) is 2. The van der Waals surface area contributed by atoms with Crippen molar-refractivity contribution in [3.8, 4) is 0 Å². The average Bonchev–Trinajstić information content (AvgIpc) is 1.63. The van der Waals surface area contributed by atoms with Crippen LogP contribution in [-0.2, 0) is 9.59 Å². The molecule has 0 unspecified atom stereocenters. The van der Waals surface area contributed by atoms with Crippen molar-refractivity contribution in [2.24, 2.45) is 11.5 Å². The average molecular weight is 126 g/mol. The molecule has 4 N–H and O–H groups in total. The third-order valence-corrected chi connectivity index (χ3v) is 0.451. The first kappa shape index (κ1) is 7.46. The van der Waals surface area contributed by atoms with Crippen molar-refractivity contribution in [3.05, 3.63) is 17.9 Å². The Morgan fingerprint density at radius 3 is 1.67 bits per heavy atom. The largest absolute Gasteiger partial charge is 0.366 e. The Morgan fingerprint density at radius 2 is 1.44 bits per heavy atom. The first-order chi connectivity index (χ1) is 4.13. The van der Waals surface area contributed by atoms with E-state index in [-0.39, 0.29) is 0 Å². The highest BCUT2D eigenvalue weighted by Crippen LogP contribution is 1.64. The quantitative estimate of drug-likeness (QED) is 0.354. The maximum Gasteiger partial charge on any atom is 0.249 e. The highest BCUT2D eigenvalue weighted by Gasteiger charge is 1.79. The molecular weight excluding hydrogens is 120 g/mol. The van der Waals surface area contributed by atoms with Crippen LogP contribution in [0.5, 0.6) is 0 Å². The van der Waals surface area contributed by atoms with Gasteiger partial charge in [0, 0.05) is 12.2 Å². The van der Waals surface area contributed by atoms with Crippen molar-refractivity contribution in [2.75, 3.05) is 0 Å². The fourth-order valence-electron chi connectivity index (χ4n) is 0.206. The molecule has 0 heterocycles. The second-order valence-electron chi connectivity index (χ2n) is 1.26. The number of rotatable bonds is 2. The lowest BCUT2D eigenvalue weighted by atomic mass is 10.5. The van der Waals surface area contributed by atoms with Gasteiger partial charge in [0.15, 0.2) is 0 Å². The molecule has 0 rings (SSSR count). The summed E-state index contributed by atoms with van der Waals surface area (Å²) in [5.74, 6) is -1.32. The fourth-order valence-corrected chi connectivity index (χ4v) is 0.206. The van der Waals surface area contributed by atoms with Gasteiger partial charge in [-0.25, -0.2) is 0 Å². The molecule has 4 heteroatoms. The molecule has 0 spiro atoms. The van der Waals surface area contributed by atoms with E-state index in [1.165, 1.54) is 0 Å². The Balaban J connectivity index is 3.97. The van der Waals surface area contributed by atoms with E-state index in [1.807, 2.05) is 0 Å². The second-order valence-corrected chi connectivity index (χ2v) is 1.26. The fraction of sp³-hybridized carbons (Fsp3) is 0. The maximum absolute atomic E-state index is 9.91. The van der Waals surface area contributed by atoms with Crippen LogP contribution in [0.15, 0.2) is 17.9 Å². The zero-order valence-corrected chi connectivity index (χ0v) is 4.63. The Morgan fingerprint density at radius 1 is 1.11 bits per heavy atom. The Kier molecular flexibility index (Phi) is 2.87. The van der Waals surface area contributed by atoms with Crippen LogP contribution in [0.1, 0.15) is 0 Å². The lowest BCUT2D eigenvalue weighted by Gasteiger charge is -1.71. The third kappa shape index (κ3) is 6.46. The van der Waals surface area contributed by atoms with Crippen LogP contribution in [0, 0.1) is 0 Å². The van der Waals surface area contributed by atoms with E-state index in [4.69, 9.17) is 0 Å². The Bertz CT molecular complexity index is 171. The van der Waals surface area contributed by atoms with Crippen molar-refractivity contribution in [1.29, 1.82) is 0 Å². The molecule has 0 aliphatic heterocycles.